The molecule has 1 aromatic heterocycles. The minimum absolute atomic E-state index is 0.0341. The van der Waals surface area contributed by atoms with Gasteiger partial charge in [-0.25, -0.2) is 4.79 Å². The molecule has 0 atom stereocenters. The third-order valence-electron chi connectivity index (χ3n) is 3.03. The summed E-state index contributed by atoms with van der Waals surface area (Å²) in [6.45, 7) is 1.91. The van der Waals surface area contributed by atoms with Crippen LogP contribution in [-0.2, 0) is 13.0 Å². The number of nitrogens with one attached hydrogen (secondary N) is 1. The monoisotopic (exact) mass is 309 g/mol. The van der Waals surface area contributed by atoms with E-state index in [0.29, 0.717) is 17.5 Å². The number of halogens is 1. The normalized spacial score (nSPS) is 10.6. The number of nitro groups is 1. The molecular formula is C13H12ClN3O4. The van der Waals surface area contributed by atoms with Crippen LogP contribution in [0.2, 0.25) is 5.02 Å². The standard InChI is InChI=1S/C13H12ClN3O4/c1-2-9-7-16(13(19)15-12(9)18)6-8-3-4-10(14)11(5-8)17(20)21/h3-5,7H,2,6H2,1H3,(H,15,18,19). The first-order chi connectivity index (χ1) is 9.92. The van der Waals surface area contributed by atoms with Gasteiger partial charge in [0.2, 0.25) is 0 Å². The molecule has 1 aromatic carbocycles. The van der Waals surface area contributed by atoms with Crippen molar-refractivity contribution in [3.63, 3.8) is 0 Å². The molecule has 21 heavy (non-hydrogen) atoms. The van der Waals surface area contributed by atoms with Crippen molar-refractivity contribution in [2.24, 2.45) is 0 Å². The van der Waals surface area contributed by atoms with Crippen LogP contribution in [-0.4, -0.2) is 14.5 Å². The lowest BCUT2D eigenvalue weighted by Gasteiger charge is -2.07. The number of H-pyrrole nitrogens is 1. The van der Waals surface area contributed by atoms with E-state index in [1.165, 1.54) is 22.9 Å². The second-order valence-electron chi connectivity index (χ2n) is 4.44. The lowest BCUT2D eigenvalue weighted by atomic mass is 10.2. The van der Waals surface area contributed by atoms with Crippen LogP contribution in [0.5, 0.6) is 0 Å². The Morgan fingerprint density at radius 2 is 2.10 bits per heavy atom. The molecule has 7 nitrogen and oxygen atoms in total. The highest BCUT2D eigenvalue weighted by Crippen LogP contribution is 2.25. The molecule has 0 saturated heterocycles. The van der Waals surface area contributed by atoms with Gasteiger partial charge in [-0.05, 0) is 18.1 Å². The topological polar surface area (TPSA) is 98.0 Å². The van der Waals surface area contributed by atoms with Gasteiger partial charge in [0.05, 0.1) is 11.5 Å². The molecule has 2 aromatic rings. The SMILES string of the molecule is CCc1cn(Cc2ccc(Cl)c([N+](=O)[O-])c2)c(=O)[nH]c1=O. The summed E-state index contributed by atoms with van der Waals surface area (Å²) < 4.78 is 1.30. The molecule has 1 heterocycles. The van der Waals surface area contributed by atoms with Crippen molar-refractivity contribution < 1.29 is 4.92 Å². The summed E-state index contributed by atoms with van der Waals surface area (Å²) in [5, 5.41) is 10.9. The summed E-state index contributed by atoms with van der Waals surface area (Å²) >= 11 is 5.74. The van der Waals surface area contributed by atoms with Gasteiger partial charge in [0, 0.05) is 17.8 Å². The number of rotatable bonds is 4. The Kier molecular flexibility index (Phi) is 4.23. The van der Waals surface area contributed by atoms with E-state index in [1.807, 2.05) is 0 Å². The Bertz CT molecular complexity index is 810. The molecule has 0 unspecified atom stereocenters. The molecular weight excluding hydrogens is 298 g/mol. The van der Waals surface area contributed by atoms with Crippen molar-refractivity contribution in [2.45, 2.75) is 19.9 Å². The van der Waals surface area contributed by atoms with Crippen LogP contribution >= 0.6 is 11.6 Å². The fraction of sp³-hybridized carbons (Fsp3) is 0.231. The highest BCUT2D eigenvalue weighted by Gasteiger charge is 2.13. The summed E-state index contributed by atoms with van der Waals surface area (Å²) in [5.74, 6) is 0. The number of benzene rings is 1. The summed E-state index contributed by atoms with van der Waals surface area (Å²) in [5.41, 5.74) is -0.182. The fourth-order valence-electron chi connectivity index (χ4n) is 1.92. The average molecular weight is 310 g/mol. The quantitative estimate of drug-likeness (QED) is 0.686. The Morgan fingerprint density at radius 3 is 2.71 bits per heavy atom. The maximum atomic E-state index is 11.7. The van der Waals surface area contributed by atoms with Gasteiger partial charge in [-0.1, -0.05) is 24.6 Å². The van der Waals surface area contributed by atoms with Gasteiger partial charge < -0.3 is 0 Å². The Labute approximate surface area is 124 Å². The molecule has 0 aliphatic carbocycles. The minimum Gasteiger partial charge on any atom is -0.296 e. The first kappa shape index (κ1) is 15.0. The molecule has 110 valence electrons. The van der Waals surface area contributed by atoms with Crippen LogP contribution in [0.25, 0.3) is 0 Å². The van der Waals surface area contributed by atoms with Gasteiger partial charge in [0.15, 0.2) is 0 Å². The molecule has 0 bridgehead atoms. The summed E-state index contributed by atoms with van der Waals surface area (Å²) in [6.07, 6.45) is 1.94. The third kappa shape index (κ3) is 3.19. The largest absolute Gasteiger partial charge is 0.328 e. The maximum Gasteiger partial charge on any atom is 0.328 e. The van der Waals surface area contributed by atoms with Gasteiger partial charge in [-0.15, -0.1) is 0 Å². The maximum absolute atomic E-state index is 11.7. The van der Waals surface area contributed by atoms with E-state index in [2.05, 4.69) is 4.98 Å². The van der Waals surface area contributed by atoms with E-state index >= 15 is 0 Å². The zero-order chi connectivity index (χ0) is 15.6. The van der Waals surface area contributed by atoms with Crippen molar-refractivity contribution in [1.29, 1.82) is 0 Å². The van der Waals surface area contributed by atoms with Crippen LogP contribution < -0.4 is 11.2 Å². The Hall–Kier alpha value is -2.41. The molecule has 0 fully saturated rings. The van der Waals surface area contributed by atoms with Crippen molar-refractivity contribution in [2.75, 3.05) is 0 Å². The number of nitro benzene ring substituents is 1. The van der Waals surface area contributed by atoms with E-state index < -0.39 is 16.2 Å². The number of hydrogen-bond donors (Lipinski definition) is 1. The molecule has 0 radical (unpaired) electrons. The first-order valence-electron chi connectivity index (χ1n) is 6.17. The van der Waals surface area contributed by atoms with E-state index in [-0.39, 0.29) is 17.3 Å². The van der Waals surface area contributed by atoms with Gasteiger partial charge in [-0.3, -0.25) is 24.5 Å². The van der Waals surface area contributed by atoms with E-state index in [9.17, 15) is 19.7 Å². The number of aromatic amines is 1. The second-order valence-corrected chi connectivity index (χ2v) is 4.85. The van der Waals surface area contributed by atoms with Crippen LogP contribution in [0.4, 0.5) is 5.69 Å². The average Bonchev–Trinajstić information content (AvgIpc) is 2.43. The van der Waals surface area contributed by atoms with Crippen LogP contribution in [0.3, 0.4) is 0 Å². The van der Waals surface area contributed by atoms with Crippen molar-refractivity contribution >= 4 is 17.3 Å². The molecule has 8 heteroatoms. The van der Waals surface area contributed by atoms with Gasteiger partial charge in [0.1, 0.15) is 5.02 Å². The number of aryl methyl sites for hydroxylation is 1. The highest BCUT2D eigenvalue weighted by molar-refractivity contribution is 6.32. The van der Waals surface area contributed by atoms with Crippen molar-refractivity contribution in [3.8, 4) is 0 Å². The number of hydrogen-bond acceptors (Lipinski definition) is 4. The van der Waals surface area contributed by atoms with E-state index in [0.717, 1.165) is 0 Å². The second kappa shape index (κ2) is 5.92. The summed E-state index contributed by atoms with van der Waals surface area (Å²) in [7, 11) is 0. The van der Waals surface area contributed by atoms with Crippen LogP contribution in [0.15, 0.2) is 34.0 Å². The molecule has 0 aliphatic heterocycles. The van der Waals surface area contributed by atoms with Crippen LogP contribution in [0, 0.1) is 10.1 Å². The molecule has 1 N–H and O–H groups in total. The predicted octanol–water partition coefficient (Wildman–Crippen LogP) is 1.71. The zero-order valence-electron chi connectivity index (χ0n) is 11.1. The predicted molar refractivity (Wildman–Crippen MR) is 77.9 cm³/mol. The molecule has 0 amide bonds. The lowest BCUT2D eigenvalue weighted by Crippen LogP contribution is -2.31. The van der Waals surface area contributed by atoms with Gasteiger partial charge >= 0.3 is 5.69 Å². The smallest absolute Gasteiger partial charge is 0.296 e. The number of nitrogens with zero attached hydrogens (tertiary/aromatic N) is 2. The van der Waals surface area contributed by atoms with Gasteiger partial charge in [-0.2, -0.15) is 0 Å². The minimum atomic E-state index is -0.584. The van der Waals surface area contributed by atoms with Crippen molar-refractivity contribution in [3.05, 3.63) is 71.5 Å². The molecule has 2 rings (SSSR count). The summed E-state index contributed by atoms with van der Waals surface area (Å²) in [4.78, 5) is 35.7. The summed E-state index contributed by atoms with van der Waals surface area (Å²) in [6, 6.07) is 4.32. The fourth-order valence-corrected chi connectivity index (χ4v) is 2.10. The third-order valence-corrected chi connectivity index (χ3v) is 3.35. The van der Waals surface area contributed by atoms with Gasteiger partial charge in [0.25, 0.3) is 11.2 Å². The first-order valence-corrected chi connectivity index (χ1v) is 6.55. The van der Waals surface area contributed by atoms with E-state index in [1.54, 1.807) is 13.0 Å². The van der Waals surface area contributed by atoms with Crippen molar-refractivity contribution in [1.82, 2.24) is 9.55 Å². The highest BCUT2D eigenvalue weighted by atomic mass is 35.5. The van der Waals surface area contributed by atoms with E-state index in [4.69, 9.17) is 11.6 Å². The Balaban J connectivity index is 2.43. The Morgan fingerprint density at radius 1 is 1.38 bits per heavy atom. The van der Waals surface area contributed by atoms with Crippen LogP contribution in [0.1, 0.15) is 18.1 Å². The zero-order valence-corrected chi connectivity index (χ0v) is 11.9. The molecule has 0 saturated carbocycles. The lowest BCUT2D eigenvalue weighted by molar-refractivity contribution is -0.384. The molecule has 0 spiro atoms. The number of aromatic nitrogens is 2. The molecule has 0 aliphatic rings.